The molecule has 1 aliphatic rings. The van der Waals surface area contributed by atoms with E-state index < -0.39 is 5.54 Å². The predicted molar refractivity (Wildman–Crippen MR) is 84.9 cm³/mol. The van der Waals surface area contributed by atoms with Crippen LogP contribution in [0.2, 0.25) is 0 Å². The molecule has 21 heavy (non-hydrogen) atoms. The van der Waals surface area contributed by atoms with Crippen molar-refractivity contribution in [2.24, 2.45) is 5.73 Å². The van der Waals surface area contributed by atoms with Crippen LogP contribution in [-0.4, -0.2) is 30.4 Å². The molecule has 2 amide bonds. The smallest absolute Gasteiger partial charge is 0.251 e. The summed E-state index contributed by atoms with van der Waals surface area (Å²) in [5.41, 5.74) is 5.93. The molecule has 1 aromatic rings. The molecule has 0 saturated heterocycles. The molecule has 2 rings (SSSR count). The normalized spacial score (nSPS) is 16.5. The Kier molecular flexibility index (Phi) is 5.36. The zero-order valence-corrected chi connectivity index (χ0v) is 13.4. The number of benzene rings is 1. The van der Waals surface area contributed by atoms with Crippen molar-refractivity contribution in [3.63, 3.8) is 0 Å². The van der Waals surface area contributed by atoms with Crippen molar-refractivity contribution < 1.29 is 9.59 Å². The summed E-state index contributed by atoms with van der Waals surface area (Å²) in [6.07, 6.45) is 3.49. The first-order valence-electron chi connectivity index (χ1n) is 7.12. The molecule has 114 valence electrons. The van der Waals surface area contributed by atoms with Gasteiger partial charge < -0.3 is 16.4 Å². The maximum absolute atomic E-state index is 12.0. The number of rotatable bonds is 5. The van der Waals surface area contributed by atoms with E-state index in [4.69, 9.17) is 5.73 Å². The first kappa shape index (κ1) is 16.0. The van der Waals surface area contributed by atoms with Crippen LogP contribution in [-0.2, 0) is 4.79 Å². The highest BCUT2D eigenvalue weighted by molar-refractivity contribution is 9.10. The Balaban J connectivity index is 1.71. The van der Waals surface area contributed by atoms with Gasteiger partial charge in [-0.25, -0.2) is 0 Å². The second kappa shape index (κ2) is 7.04. The molecule has 1 fully saturated rings. The SMILES string of the molecule is NC1(C(=O)NCCNC(=O)c2ccc(Br)cc2)CCCC1. The van der Waals surface area contributed by atoms with Crippen molar-refractivity contribution >= 4 is 27.7 Å². The second-order valence-corrected chi connectivity index (χ2v) is 6.30. The highest BCUT2D eigenvalue weighted by Crippen LogP contribution is 2.26. The van der Waals surface area contributed by atoms with Gasteiger partial charge in [0.2, 0.25) is 5.91 Å². The highest BCUT2D eigenvalue weighted by Gasteiger charge is 2.36. The molecule has 0 spiro atoms. The topological polar surface area (TPSA) is 84.2 Å². The standard InChI is InChI=1S/C15H20BrN3O2/c16-12-5-3-11(4-6-12)13(20)18-9-10-19-14(21)15(17)7-1-2-8-15/h3-6H,1-2,7-10,17H2,(H,18,20)(H,19,21). The number of carbonyl (C=O) groups is 2. The van der Waals surface area contributed by atoms with Crippen molar-refractivity contribution in [3.05, 3.63) is 34.3 Å². The van der Waals surface area contributed by atoms with Gasteiger partial charge in [-0.2, -0.15) is 0 Å². The monoisotopic (exact) mass is 353 g/mol. The summed E-state index contributed by atoms with van der Waals surface area (Å²) in [5, 5.41) is 5.56. The molecule has 0 radical (unpaired) electrons. The third-order valence-electron chi connectivity index (χ3n) is 3.75. The number of carbonyl (C=O) groups excluding carboxylic acids is 2. The molecule has 1 saturated carbocycles. The van der Waals surface area contributed by atoms with Crippen LogP contribution in [0.15, 0.2) is 28.7 Å². The number of nitrogens with one attached hydrogen (secondary N) is 2. The summed E-state index contributed by atoms with van der Waals surface area (Å²) in [6, 6.07) is 7.11. The van der Waals surface area contributed by atoms with Gasteiger partial charge in [-0.05, 0) is 37.1 Å². The van der Waals surface area contributed by atoms with E-state index in [2.05, 4.69) is 26.6 Å². The first-order valence-corrected chi connectivity index (χ1v) is 7.91. The fourth-order valence-electron chi connectivity index (χ4n) is 2.46. The molecule has 6 heteroatoms. The van der Waals surface area contributed by atoms with E-state index in [0.717, 1.165) is 30.2 Å². The Bertz CT molecular complexity index is 510. The van der Waals surface area contributed by atoms with Crippen molar-refractivity contribution in [2.45, 2.75) is 31.2 Å². The summed E-state index contributed by atoms with van der Waals surface area (Å²) in [7, 11) is 0. The van der Waals surface area contributed by atoms with Crippen LogP contribution in [0, 0.1) is 0 Å². The molecular formula is C15H20BrN3O2. The molecule has 1 aliphatic carbocycles. The van der Waals surface area contributed by atoms with Gasteiger partial charge in [-0.3, -0.25) is 9.59 Å². The molecular weight excluding hydrogens is 334 g/mol. The average Bonchev–Trinajstić information content (AvgIpc) is 2.92. The number of hydrogen-bond donors (Lipinski definition) is 3. The first-order chi connectivity index (χ1) is 10.0. The molecule has 0 atom stereocenters. The minimum atomic E-state index is -0.713. The number of hydrogen-bond acceptors (Lipinski definition) is 3. The third kappa shape index (κ3) is 4.28. The maximum atomic E-state index is 12.0. The minimum Gasteiger partial charge on any atom is -0.353 e. The minimum absolute atomic E-state index is 0.113. The van der Waals surface area contributed by atoms with Gasteiger partial charge in [0.15, 0.2) is 0 Å². The Hall–Kier alpha value is -1.40. The average molecular weight is 354 g/mol. The van der Waals surface area contributed by atoms with E-state index in [1.54, 1.807) is 12.1 Å². The van der Waals surface area contributed by atoms with Crippen molar-refractivity contribution in [1.29, 1.82) is 0 Å². The van der Waals surface area contributed by atoms with Crippen LogP contribution in [0.1, 0.15) is 36.0 Å². The number of halogens is 1. The molecule has 4 N–H and O–H groups in total. The lowest BCUT2D eigenvalue weighted by molar-refractivity contribution is -0.126. The Morgan fingerprint density at radius 3 is 2.29 bits per heavy atom. The molecule has 5 nitrogen and oxygen atoms in total. The Labute approximate surface area is 132 Å². The van der Waals surface area contributed by atoms with E-state index in [-0.39, 0.29) is 11.8 Å². The van der Waals surface area contributed by atoms with Gasteiger partial charge in [-0.1, -0.05) is 28.8 Å². The summed E-state index contributed by atoms with van der Waals surface area (Å²) < 4.78 is 0.927. The van der Waals surface area contributed by atoms with Crippen LogP contribution in [0.5, 0.6) is 0 Å². The summed E-state index contributed by atoms with van der Waals surface area (Å²) >= 11 is 3.32. The zero-order valence-electron chi connectivity index (χ0n) is 11.8. The Morgan fingerprint density at radius 2 is 1.67 bits per heavy atom. The lowest BCUT2D eigenvalue weighted by Crippen LogP contribution is -2.53. The van der Waals surface area contributed by atoms with Gasteiger partial charge >= 0.3 is 0 Å². The van der Waals surface area contributed by atoms with Crippen molar-refractivity contribution in [1.82, 2.24) is 10.6 Å². The molecule has 1 aromatic carbocycles. The molecule has 0 unspecified atom stereocenters. The van der Waals surface area contributed by atoms with Crippen LogP contribution in [0.3, 0.4) is 0 Å². The second-order valence-electron chi connectivity index (χ2n) is 5.38. The summed E-state index contributed by atoms with van der Waals surface area (Å²) in [6.45, 7) is 0.775. The fraction of sp³-hybridized carbons (Fsp3) is 0.467. The number of amides is 2. The summed E-state index contributed by atoms with van der Waals surface area (Å²) in [5.74, 6) is -0.266. The van der Waals surface area contributed by atoms with Crippen LogP contribution in [0.25, 0.3) is 0 Å². The van der Waals surface area contributed by atoms with E-state index in [1.165, 1.54) is 0 Å². The van der Waals surface area contributed by atoms with Crippen LogP contribution >= 0.6 is 15.9 Å². The molecule has 0 heterocycles. The van der Waals surface area contributed by atoms with E-state index >= 15 is 0 Å². The van der Waals surface area contributed by atoms with Crippen molar-refractivity contribution in [2.75, 3.05) is 13.1 Å². The van der Waals surface area contributed by atoms with Gasteiger partial charge in [0, 0.05) is 23.1 Å². The van der Waals surface area contributed by atoms with Crippen LogP contribution < -0.4 is 16.4 Å². The third-order valence-corrected chi connectivity index (χ3v) is 4.28. The Morgan fingerprint density at radius 1 is 1.10 bits per heavy atom. The maximum Gasteiger partial charge on any atom is 0.251 e. The van der Waals surface area contributed by atoms with E-state index in [1.807, 2.05) is 12.1 Å². The van der Waals surface area contributed by atoms with Crippen molar-refractivity contribution in [3.8, 4) is 0 Å². The van der Waals surface area contributed by atoms with E-state index in [9.17, 15) is 9.59 Å². The van der Waals surface area contributed by atoms with Gasteiger partial charge in [0.05, 0.1) is 5.54 Å². The highest BCUT2D eigenvalue weighted by atomic mass is 79.9. The lowest BCUT2D eigenvalue weighted by Gasteiger charge is -2.22. The molecule has 0 bridgehead atoms. The zero-order chi connectivity index (χ0) is 15.3. The predicted octanol–water partition coefficient (Wildman–Crippen LogP) is 1.57. The quantitative estimate of drug-likeness (QED) is 0.702. The molecule has 0 aromatic heterocycles. The van der Waals surface area contributed by atoms with Crippen LogP contribution in [0.4, 0.5) is 0 Å². The molecule has 0 aliphatic heterocycles. The number of nitrogens with two attached hydrogens (primary N) is 1. The van der Waals surface area contributed by atoms with Gasteiger partial charge in [0.25, 0.3) is 5.91 Å². The summed E-state index contributed by atoms with van der Waals surface area (Å²) in [4.78, 5) is 23.8. The van der Waals surface area contributed by atoms with Gasteiger partial charge in [0.1, 0.15) is 0 Å². The largest absolute Gasteiger partial charge is 0.353 e. The van der Waals surface area contributed by atoms with Gasteiger partial charge in [-0.15, -0.1) is 0 Å². The lowest BCUT2D eigenvalue weighted by atomic mass is 9.98. The van der Waals surface area contributed by atoms with E-state index in [0.29, 0.717) is 18.7 Å². The fourth-order valence-corrected chi connectivity index (χ4v) is 2.73.